The fourth-order valence-electron chi connectivity index (χ4n) is 1.72. The highest BCUT2D eigenvalue weighted by atomic mass is 16.6. The van der Waals surface area contributed by atoms with E-state index in [0.29, 0.717) is 0 Å². The summed E-state index contributed by atoms with van der Waals surface area (Å²) in [6.07, 6.45) is 4.04. The van der Waals surface area contributed by atoms with Crippen molar-refractivity contribution in [1.82, 2.24) is 0 Å². The maximum Gasteiger partial charge on any atom is 0.341 e. The third-order valence-corrected chi connectivity index (χ3v) is 2.76. The van der Waals surface area contributed by atoms with Crippen LogP contribution in [0.2, 0.25) is 0 Å². The number of carbonyl (C=O) groups is 3. The molecule has 1 N–H and O–H groups in total. The molecule has 6 nitrogen and oxygen atoms in total. The van der Waals surface area contributed by atoms with Crippen molar-refractivity contribution in [1.29, 1.82) is 0 Å². The smallest absolute Gasteiger partial charge is 0.341 e. The molecule has 0 heterocycles. The van der Waals surface area contributed by atoms with Crippen molar-refractivity contribution in [2.75, 3.05) is 6.61 Å². The van der Waals surface area contributed by atoms with Gasteiger partial charge in [-0.2, -0.15) is 0 Å². The Morgan fingerprint density at radius 1 is 1.14 bits per heavy atom. The fourth-order valence-corrected chi connectivity index (χ4v) is 1.72. The van der Waals surface area contributed by atoms with Gasteiger partial charge in [-0.05, 0) is 12.8 Å². The molecule has 0 saturated heterocycles. The first kappa shape index (κ1) is 19.1. The lowest BCUT2D eigenvalue weighted by atomic mass is 10.1. The van der Waals surface area contributed by atoms with Crippen LogP contribution in [0.5, 0.6) is 0 Å². The van der Waals surface area contributed by atoms with Crippen LogP contribution in [0, 0.1) is 0 Å². The lowest BCUT2D eigenvalue weighted by Gasteiger charge is -2.17. The zero-order valence-electron chi connectivity index (χ0n) is 12.7. The number of hydrogen-bond donors (Lipinski definition) is 1. The van der Waals surface area contributed by atoms with E-state index in [1.807, 2.05) is 6.92 Å². The third-order valence-electron chi connectivity index (χ3n) is 2.76. The van der Waals surface area contributed by atoms with Crippen molar-refractivity contribution in [3.63, 3.8) is 0 Å². The second-order valence-corrected chi connectivity index (χ2v) is 4.79. The van der Waals surface area contributed by atoms with Crippen LogP contribution < -0.4 is 0 Å². The average molecular weight is 300 g/mol. The number of hydrogen-bond acceptors (Lipinski definition) is 5. The second-order valence-electron chi connectivity index (χ2n) is 4.79. The minimum atomic E-state index is -1.26. The monoisotopic (exact) mass is 300 g/mol. The van der Waals surface area contributed by atoms with Crippen molar-refractivity contribution in [2.45, 2.75) is 58.5 Å². The minimum absolute atomic E-state index is 0.105. The first-order valence-electron chi connectivity index (χ1n) is 7.16. The molecule has 0 aliphatic heterocycles. The standard InChI is InChI=1S/C15H24O6/c1-4-6-8-12(7-5-2)21-14(18)9-11(3)15(19)20-10-13(16)17/h12H,3-10H2,1-2H3,(H,16,17). The van der Waals surface area contributed by atoms with E-state index in [9.17, 15) is 14.4 Å². The van der Waals surface area contributed by atoms with Gasteiger partial charge in [-0.25, -0.2) is 9.59 Å². The highest BCUT2D eigenvalue weighted by Gasteiger charge is 2.18. The number of esters is 2. The van der Waals surface area contributed by atoms with E-state index < -0.39 is 24.5 Å². The van der Waals surface area contributed by atoms with Gasteiger partial charge in [0.15, 0.2) is 6.61 Å². The molecule has 0 bridgehead atoms. The van der Waals surface area contributed by atoms with Gasteiger partial charge in [0.1, 0.15) is 6.10 Å². The molecule has 0 spiro atoms. The number of ether oxygens (including phenoxy) is 2. The Morgan fingerprint density at radius 3 is 2.33 bits per heavy atom. The Balaban J connectivity index is 4.22. The molecule has 6 heteroatoms. The topological polar surface area (TPSA) is 89.9 Å². The molecular weight excluding hydrogens is 276 g/mol. The van der Waals surface area contributed by atoms with Gasteiger partial charge in [-0.15, -0.1) is 0 Å². The summed E-state index contributed by atoms with van der Waals surface area (Å²) in [5, 5.41) is 8.39. The van der Waals surface area contributed by atoms with Crippen LogP contribution in [0.25, 0.3) is 0 Å². The van der Waals surface area contributed by atoms with Crippen LogP contribution in [0.3, 0.4) is 0 Å². The molecular formula is C15H24O6. The summed E-state index contributed by atoms with van der Waals surface area (Å²) in [5.74, 6) is -2.70. The molecule has 0 aromatic heterocycles. The van der Waals surface area contributed by atoms with Crippen LogP contribution in [-0.2, 0) is 23.9 Å². The Bertz CT molecular complexity index is 374. The molecule has 1 atom stereocenters. The quantitative estimate of drug-likeness (QED) is 0.465. The Kier molecular flexibility index (Phi) is 9.92. The third kappa shape index (κ3) is 9.65. The molecule has 0 fully saturated rings. The molecule has 0 radical (unpaired) electrons. The average Bonchev–Trinajstić information content (AvgIpc) is 2.42. The predicted molar refractivity (Wildman–Crippen MR) is 76.7 cm³/mol. The SMILES string of the molecule is C=C(CC(=O)OC(CCC)CCCC)C(=O)OCC(=O)O. The lowest BCUT2D eigenvalue weighted by Crippen LogP contribution is -2.21. The molecule has 0 aromatic carbocycles. The van der Waals surface area contributed by atoms with Gasteiger partial charge in [0.25, 0.3) is 0 Å². The number of carbonyl (C=O) groups excluding carboxylic acids is 2. The molecule has 0 aromatic rings. The zero-order chi connectivity index (χ0) is 16.3. The second kappa shape index (κ2) is 10.9. The maximum absolute atomic E-state index is 11.7. The van der Waals surface area contributed by atoms with Crippen LogP contribution >= 0.6 is 0 Å². The van der Waals surface area contributed by atoms with Crippen molar-refractivity contribution in [2.24, 2.45) is 0 Å². The summed E-state index contributed by atoms with van der Waals surface area (Å²) < 4.78 is 9.75. The molecule has 0 aliphatic carbocycles. The normalized spacial score (nSPS) is 11.5. The lowest BCUT2D eigenvalue weighted by molar-refractivity contribution is -0.154. The summed E-state index contributed by atoms with van der Waals surface area (Å²) in [4.78, 5) is 33.4. The van der Waals surface area contributed by atoms with Crippen LogP contribution in [-0.4, -0.2) is 35.7 Å². The van der Waals surface area contributed by atoms with Crippen LogP contribution in [0.15, 0.2) is 12.2 Å². The summed E-state index contributed by atoms with van der Waals surface area (Å²) in [6.45, 7) is 6.74. The number of carboxylic acid groups (broad SMARTS) is 1. The molecule has 0 aliphatic rings. The molecule has 120 valence electrons. The number of carboxylic acids is 1. The largest absolute Gasteiger partial charge is 0.479 e. The van der Waals surface area contributed by atoms with E-state index in [0.717, 1.165) is 32.1 Å². The zero-order valence-corrected chi connectivity index (χ0v) is 12.7. The van der Waals surface area contributed by atoms with Crippen molar-refractivity contribution in [3.8, 4) is 0 Å². The molecule has 0 amide bonds. The summed E-state index contributed by atoms with van der Waals surface area (Å²) in [7, 11) is 0. The van der Waals surface area contributed by atoms with Crippen LogP contribution in [0.1, 0.15) is 52.4 Å². The minimum Gasteiger partial charge on any atom is -0.479 e. The van der Waals surface area contributed by atoms with Crippen molar-refractivity contribution < 1.29 is 29.0 Å². The van der Waals surface area contributed by atoms with E-state index in [2.05, 4.69) is 18.2 Å². The Morgan fingerprint density at radius 2 is 1.81 bits per heavy atom. The van der Waals surface area contributed by atoms with Crippen LogP contribution in [0.4, 0.5) is 0 Å². The van der Waals surface area contributed by atoms with E-state index in [1.54, 1.807) is 0 Å². The summed E-state index contributed by atoms with van der Waals surface area (Å²) >= 11 is 0. The van der Waals surface area contributed by atoms with Gasteiger partial charge in [0.05, 0.1) is 6.42 Å². The Labute approximate surface area is 125 Å². The van der Waals surface area contributed by atoms with Gasteiger partial charge in [-0.1, -0.05) is 39.7 Å². The maximum atomic E-state index is 11.7. The number of unbranched alkanes of at least 4 members (excludes halogenated alkanes) is 1. The fraction of sp³-hybridized carbons (Fsp3) is 0.667. The number of rotatable bonds is 11. The highest BCUT2D eigenvalue weighted by molar-refractivity contribution is 5.94. The number of aliphatic carboxylic acids is 1. The van der Waals surface area contributed by atoms with E-state index in [4.69, 9.17) is 9.84 Å². The van der Waals surface area contributed by atoms with Gasteiger partial charge in [-0.3, -0.25) is 4.79 Å². The van der Waals surface area contributed by atoms with Gasteiger partial charge in [0.2, 0.25) is 0 Å². The Hall–Kier alpha value is -1.85. The molecule has 1 unspecified atom stereocenters. The molecule has 21 heavy (non-hydrogen) atoms. The van der Waals surface area contributed by atoms with Gasteiger partial charge < -0.3 is 14.6 Å². The van der Waals surface area contributed by atoms with E-state index >= 15 is 0 Å². The molecule has 0 rings (SSSR count). The highest BCUT2D eigenvalue weighted by Crippen LogP contribution is 2.13. The first-order valence-corrected chi connectivity index (χ1v) is 7.16. The van der Waals surface area contributed by atoms with Gasteiger partial charge >= 0.3 is 17.9 Å². The van der Waals surface area contributed by atoms with Crippen molar-refractivity contribution >= 4 is 17.9 Å². The van der Waals surface area contributed by atoms with Gasteiger partial charge in [0, 0.05) is 5.57 Å². The summed E-state index contributed by atoms with van der Waals surface area (Å²) in [6, 6.07) is 0. The van der Waals surface area contributed by atoms with E-state index in [-0.39, 0.29) is 18.1 Å². The van der Waals surface area contributed by atoms with E-state index in [1.165, 1.54) is 0 Å². The first-order chi connectivity index (χ1) is 9.90. The summed E-state index contributed by atoms with van der Waals surface area (Å²) in [5.41, 5.74) is -0.105. The predicted octanol–water partition coefficient (Wildman–Crippen LogP) is 2.46. The van der Waals surface area contributed by atoms with Crippen molar-refractivity contribution in [3.05, 3.63) is 12.2 Å². The molecule has 0 saturated carbocycles.